The van der Waals surface area contributed by atoms with Crippen LogP contribution in [0.2, 0.25) is 0 Å². The topological polar surface area (TPSA) is 38.0 Å². The molecule has 4 heteroatoms. The second kappa shape index (κ2) is 4.30. The van der Waals surface area contributed by atoms with Crippen LogP contribution in [0.3, 0.4) is 0 Å². The van der Waals surface area contributed by atoms with Gasteiger partial charge in [-0.3, -0.25) is 0 Å². The van der Waals surface area contributed by atoms with Gasteiger partial charge in [0.05, 0.1) is 5.60 Å². The number of rotatable bonds is 3. The van der Waals surface area contributed by atoms with Crippen LogP contribution in [0.5, 0.6) is 0 Å². The highest BCUT2D eigenvalue weighted by molar-refractivity contribution is 5.23. The fraction of sp³-hybridized carbons (Fsp3) is 0.308. The SMILES string of the molecule is Cn1ccnc1CC(C)(O)c1ccc(F)cc1. The van der Waals surface area contributed by atoms with Gasteiger partial charge in [-0.15, -0.1) is 0 Å². The largest absolute Gasteiger partial charge is 0.385 e. The Bertz CT molecular complexity index is 502. The summed E-state index contributed by atoms with van der Waals surface area (Å²) in [6.45, 7) is 1.70. The van der Waals surface area contributed by atoms with E-state index in [0.717, 1.165) is 5.82 Å². The molecule has 0 bridgehead atoms. The quantitative estimate of drug-likeness (QED) is 0.882. The molecular formula is C13H15FN2O. The van der Waals surface area contributed by atoms with Crippen LogP contribution in [0.1, 0.15) is 18.3 Å². The average Bonchev–Trinajstić information content (AvgIpc) is 2.64. The molecule has 0 saturated heterocycles. The Morgan fingerprint density at radius 1 is 1.35 bits per heavy atom. The van der Waals surface area contributed by atoms with E-state index >= 15 is 0 Å². The van der Waals surface area contributed by atoms with Gasteiger partial charge in [-0.1, -0.05) is 12.1 Å². The summed E-state index contributed by atoms with van der Waals surface area (Å²) >= 11 is 0. The molecule has 0 aliphatic rings. The Morgan fingerprint density at radius 2 is 2.00 bits per heavy atom. The smallest absolute Gasteiger partial charge is 0.123 e. The lowest BCUT2D eigenvalue weighted by Gasteiger charge is -2.23. The van der Waals surface area contributed by atoms with E-state index in [-0.39, 0.29) is 5.82 Å². The highest BCUT2D eigenvalue weighted by atomic mass is 19.1. The normalized spacial score (nSPS) is 14.6. The zero-order chi connectivity index (χ0) is 12.5. The van der Waals surface area contributed by atoms with Crippen molar-refractivity contribution in [1.82, 2.24) is 9.55 Å². The molecule has 3 nitrogen and oxygen atoms in total. The standard InChI is InChI=1S/C13H15FN2O/c1-13(17,9-12-15-7-8-16(12)2)10-3-5-11(14)6-4-10/h3-8,17H,9H2,1-2H3. The van der Waals surface area contributed by atoms with Gasteiger partial charge in [-0.05, 0) is 24.6 Å². The van der Waals surface area contributed by atoms with Gasteiger partial charge in [-0.25, -0.2) is 9.37 Å². The van der Waals surface area contributed by atoms with E-state index < -0.39 is 5.60 Å². The second-order valence-electron chi connectivity index (χ2n) is 4.41. The first kappa shape index (κ1) is 11.8. The molecule has 0 saturated carbocycles. The molecule has 0 radical (unpaired) electrons. The summed E-state index contributed by atoms with van der Waals surface area (Å²) in [4.78, 5) is 4.17. The first-order valence-corrected chi connectivity index (χ1v) is 5.44. The van der Waals surface area contributed by atoms with Crippen molar-refractivity contribution < 1.29 is 9.50 Å². The van der Waals surface area contributed by atoms with E-state index in [1.807, 2.05) is 17.8 Å². The summed E-state index contributed by atoms with van der Waals surface area (Å²) in [5.74, 6) is 0.487. The van der Waals surface area contributed by atoms with Crippen molar-refractivity contribution in [1.29, 1.82) is 0 Å². The van der Waals surface area contributed by atoms with Crippen molar-refractivity contribution >= 4 is 0 Å². The second-order valence-corrected chi connectivity index (χ2v) is 4.41. The van der Waals surface area contributed by atoms with E-state index in [0.29, 0.717) is 12.0 Å². The minimum Gasteiger partial charge on any atom is -0.385 e. The predicted molar refractivity (Wildman–Crippen MR) is 62.9 cm³/mol. The summed E-state index contributed by atoms with van der Waals surface area (Å²) in [6.07, 6.45) is 3.91. The number of aryl methyl sites for hydroxylation is 1. The molecule has 0 aliphatic carbocycles. The lowest BCUT2D eigenvalue weighted by Crippen LogP contribution is -2.25. The first-order chi connectivity index (χ1) is 7.99. The summed E-state index contributed by atoms with van der Waals surface area (Å²) < 4.78 is 14.7. The van der Waals surface area contributed by atoms with Crippen LogP contribution in [0.15, 0.2) is 36.7 Å². The molecule has 1 unspecified atom stereocenters. The summed E-state index contributed by atoms with van der Waals surface area (Å²) in [6, 6.07) is 5.89. The molecule has 1 aromatic carbocycles. The van der Waals surface area contributed by atoms with Gasteiger partial charge in [-0.2, -0.15) is 0 Å². The van der Waals surface area contributed by atoms with Crippen LogP contribution in [0.25, 0.3) is 0 Å². The molecule has 1 aromatic heterocycles. The Morgan fingerprint density at radius 3 is 2.53 bits per heavy atom. The first-order valence-electron chi connectivity index (χ1n) is 5.44. The van der Waals surface area contributed by atoms with Crippen molar-refractivity contribution in [2.75, 3.05) is 0 Å². The van der Waals surface area contributed by atoms with Gasteiger partial charge in [0.25, 0.3) is 0 Å². The van der Waals surface area contributed by atoms with E-state index in [1.54, 1.807) is 25.3 Å². The van der Waals surface area contributed by atoms with Gasteiger partial charge < -0.3 is 9.67 Å². The minimum atomic E-state index is -1.05. The maximum Gasteiger partial charge on any atom is 0.123 e. The summed E-state index contributed by atoms with van der Waals surface area (Å²) in [5, 5.41) is 10.4. The molecule has 90 valence electrons. The molecule has 0 spiro atoms. The maximum absolute atomic E-state index is 12.8. The molecule has 17 heavy (non-hydrogen) atoms. The van der Waals surface area contributed by atoms with Gasteiger partial charge in [0.15, 0.2) is 0 Å². The highest BCUT2D eigenvalue weighted by Gasteiger charge is 2.25. The number of aliphatic hydroxyl groups is 1. The molecule has 0 aliphatic heterocycles. The molecule has 0 amide bonds. The van der Waals surface area contributed by atoms with Crippen LogP contribution in [0, 0.1) is 5.82 Å². The van der Waals surface area contributed by atoms with Crippen LogP contribution in [-0.2, 0) is 19.1 Å². The summed E-state index contributed by atoms with van der Waals surface area (Å²) in [7, 11) is 1.88. The van der Waals surface area contributed by atoms with Crippen molar-refractivity contribution in [2.45, 2.75) is 18.9 Å². The van der Waals surface area contributed by atoms with Crippen LogP contribution >= 0.6 is 0 Å². The Balaban J connectivity index is 2.24. The third-order valence-electron chi connectivity index (χ3n) is 2.89. The molecule has 0 fully saturated rings. The predicted octanol–water partition coefficient (Wildman–Crippen LogP) is 2.01. The van der Waals surface area contributed by atoms with Gasteiger partial charge in [0, 0.05) is 25.9 Å². The molecule has 1 heterocycles. The van der Waals surface area contributed by atoms with E-state index in [9.17, 15) is 9.50 Å². The van der Waals surface area contributed by atoms with E-state index in [1.165, 1.54) is 12.1 Å². The van der Waals surface area contributed by atoms with Crippen molar-refractivity contribution in [3.8, 4) is 0 Å². The monoisotopic (exact) mass is 234 g/mol. The van der Waals surface area contributed by atoms with E-state index in [2.05, 4.69) is 4.98 Å². The Kier molecular flexibility index (Phi) is 2.98. The Hall–Kier alpha value is -1.68. The number of hydrogen-bond acceptors (Lipinski definition) is 2. The summed E-state index contributed by atoms with van der Waals surface area (Å²) in [5.41, 5.74) is -0.366. The fourth-order valence-corrected chi connectivity index (χ4v) is 1.79. The van der Waals surface area contributed by atoms with Crippen LogP contribution in [0.4, 0.5) is 4.39 Å². The van der Waals surface area contributed by atoms with Gasteiger partial charge in [0.1, 0.15) is 11.6 Å². The maximum atomic E-state index is 12.8. The molecule has 2 aromatic rings. The zero-order valence-corrected chi connectivity index (χ0v) is 9.89. The number of halogens is 1. The third kappa shape index (κ3) is 2.53. The number of hydrogen-bond donors (Lipinski definition) is 1. The highest BCUT2D eigenvalue weighted by Crippen LogP contribution is 2.24. The van der Waals surface area contributed by atoms with Crippen molar-refractivity contribution in [3.05, 3.63) is 53.9 Å². The fourth-order valence-electron chi connectivity index (χ4n) is 1.79. The zero-order valence-electron chi connectivity index (χ0n) is 9.89. The molecular weight excluding hydrogens is 219 g/mol. The average molecular weight is 234 g/mol. The lowest BCUT2D eigenvalue weighted by atomic mass is 9.92. The van der Waals surface area contributed by atoms with Crippen molar-refractivity contribution in [3.63, 3.8) is 0 Å². The van der Waals surface area contributed by atoms with Crippen molar-refractivity contribution in [2.24, 2.45) is 7.05 Å². The number of benzene rings is 1. The van der Waals surface area contributed by atoms with E-state index in [4.69, 9.17) is 0 Å². The molecule has 1 atom stereocenters. The van der Waals surface area contributed by atoms with Gasteiger partial charge >= 0.3 is 0 Å². The number of aromatic nitrogens is 2. The lowest BCUT2D eigenvalue weighted by molar-refractivity contribution is 0.0547. The van der Waals surface area contributed by atoms with Crippen LogP contribution < -0.4 is 0 Å². The number of imidazole rings is 1. The third-order valence-corrected chi connectivity index (χ3v) is 2.89. The minimum absolute atomic E-state index is 0.304. The molecule has 2 rings (SSSR count). The number of nitrogens with zero attached hydrogens (tertiary/aromatic N) is 2. The van der Waals surface area contributed by atoms with Crippen LogP contribution in [-0.4, -0.2) is 14.7 Å². The Labute approximate surface area is 99.5 Å². The van der Waals surface area contributed by atoms with Gasteiger partial charge in [0.2, 0.25) is 0 Å². The molecule has 1 N–H and O–H groups in total.